The van der Waals surface area contributed by atoms with E-state index >= 15 is 0 Å². The van der Waals surface area contributed by atoms with Gasteiger partial charge in [-0.2, -0.15) is 0 Å². The Bertz CT molecular complexity index is 502. The first-order valence-electron chi connectivity index (χ1n) is 5.96. The molecular formula is C15H16O4. The van der Waals surface area contributed by atoms with E-state index in [0.29, 0.717) is 30.1 Å². The molecule has 0 atom stereocenters. The van der Waals surface area contributed by atoms with Crippen LogP contribution in [-0.4, -0.2) is 26.3 Å². The Hall–Kier alpha value is -2.07. The highest BCUT2D eigenvalue weighted by Crippen LogP contribution is 2.24. The highest BCUT2D eigenvalue weighted by atomic mass is 16.5. The van der Waals surface area contributed by atoms with Gasteiger partial charge in [0.05, 0.1) is 13.7 Å². The van der Waals surface area contributed by atoms with Crippen molar-refractivity contribution >= 4 is 5.97 Å². The highest BCUT2D eigenvalue weighted by Gasteiger charge is 2.26. The second-order valence-corrected chi connectivity index (χ2v) is 4.16. The summed E-state index contributed by atoms with van der Waals surface area (Å²) < 4.78 is 15.6. The van der Waals surface area contributed by atoms with E-state index in [1.807, 2.05) is 30.3 Å². The molecule has 0 aromatic heterocycles. The Morgan fingerprint density at radius 1 is 1.32 bits per heavy atom. The molecule has 2 rings (SSSR count). The first kappa shape index (κ1) is 13.4. The highest BCUT2D eigenvalue weighted by molar-refractivity contribution is 5.94. The molecule has 0 saturated carbocycles. The van der Waals surface area contributed by atoms with E-state index in [-0.39, 0.29) is 6.61 Å². The van der Waals surface area contributed by atoms with Crippen LogP contribution in [0.2, 0.25) is 0 Å². The maximum absolute atomic E-state index is 11.6. The molecule has 0 amide bonds. The van der Waals surface area contributed by atoms with Gasteiger partial charge < -0.3 is 14.2 Å². The van der Waals surface area contributed by atoms with Gasteiger partial charge in [-0.05, 0) is 5.56 Å². The summed E-state index contributed by atoms with van der Waals surface area (Å²) in [4.78, 5) is 11.6. The molecule has 19 heavy (non-hydrogen) atoms. The van der Waals surface area contributed by atoms with Gasteiger partial charge in [-0.1, -0.05) is 36.9 Å². The molecule has 0 aliphatic carbocycles. The lowest BCUT2D eigenvalue weighted by atomic mass is 10.1. The second-order valence-electron chi connectivity index (χ2n) is 4.16. The summed E-state index contributed by atoms with van der Waals surface area (Å²) in [6.07, 6.45) is 0. The van der Waals surface area contributed by atoms with E-state index in [2.05, 4.69) is 6.58 Å². The molecule has 4 nitrogen and oxygen atoms in total. The molecule has 1 aliphatic heterocycles. The normalized spacial score (nSPS) is 14.5. The fourth-order valence-corrected chi connectivity index (χ4v) is 1.83. The zero-order valence-electron chi connectivity index (χ0n) is 10.8. The zero-order chi connectivity index (χ0) is 13.7. The third kappa shape index (κ3) is 3.23. The van der Waals surface area contributed by atoms with Gasteiger partial charge in [0.1, 0.15) is 24.5 Å². The second kappa shape index (κ2) is 6.20. The zero-order valence-corrected chi connectivity index (χ0v) is 10.8. The van der Waals surface area contributed by atoms with E-state index in [1.54, 1.807) is 0 Å². The average molecular weight is 260 g/mol. The van der Waals surface area contributed by atoms with Crippen LogP contribution in [0.3, 0.4) is 0 Å². The number of carbonyl (C=O) groups excluding carboxylic acids is 1. The van der Waals surface area contributed by atoms with Gasteiger partial charge in [0.15, 0.2) is 0 Å². The lowest BCUT2D eigenvalue weighted by Crippen LogP contribution is -2.08. The number of rotatable bonds is 5. The summed E-state index contributed by atoms with van der Waals surface area (Å²) in [5, 5.41) is 0. The molecule has 1 aromatic carbocycles. The number of hydrogen-bond donors (Lipinski definition) is 0. The van der Waals surface area contributed by atoms with Crippen LogP contribution in [0.5, 0.6) is 0 Å². The summed E-state index contributed by atoms with van der Waals surface area (Å²) in [6.45, 7) is 4.80. The summed E-state index contributed by atoms with van der Waals surface area (Å²) in [7, 11) is 1.34. The number of hydrogen-bond acceptors (Lipinski definition) is 4. The molecule has 0 saturated heterocycles. The first-order chi connectivity index (χ1) is 9.22. The third-order valence-corrected chi connectivity index (χ3v) is 2.79. The van der Waals surface area contributed by atoms with Gasteiger partial charge in [-0.25, -0.2) is 4.79 Å². The summed E-state index contributed by atoms with van der Waals surface area (Å²) >= 11 is 0. The first-order valence-corrected chi connectivity index (χ1v) is 5.96. The van der Waals surface area contributed by atoms with Crippen molar-refractivity contribution in [2.45, 2.75) is 6.61 Å². The Balaban J connectivity index is 1.96. The Labute approximate surface area is 112 Å². The third-order valence-electron chi connectivity index (χ3n) is 2.79. The standard InChI is InChI=1S/C15H16O4/c1-11-8-19-13(14(11)15(16)17-2)10-18-9-12-6-4-3-5-7-12/h3-7H,1,8-10H2,2H3. The fourth-order valence-electron chi connectivity index (χ4n) is 1.83. The van der Waals surface area contributed by atoms with E-state index in [1.165, 1.54) is 7.11 Å². The summed E-state index contributed by atoms with van der Waals surface area (Å²) in [5.41, 5.74) is 2.10. The Morgan fingerprint density at radius 3 is 2.74 bits per heavy atom. The molecular weight excluding hydrogens is 244 g/mol. The summed E-state index contributed by atoms with van der Waals surface area (Å²) in [6, 6.07) is 9.80. The monoisotopic (exact) mass is 260 g/mol. The van der Waals surface area contributed by atoms with Gasteiger partial charge >= 0.3 is 5.97 Å². The van der Waals surface area contributed by atoms with Gasteiger partial charge in [-0.3, -0.25) is 0 Å². The van der Waals surface area contributed by atoms with Crippen molar-refractivity contribution in [3.8, 4) is 0 Å². The summed E-state index contributed by atoms with van der Waals surface area (Å²) in [5.74, 6) is 0.0635. The van der Waals surface area contributed by atoms with Crippen LogP contribution in [0, 0.1) is 0 Å². The molecule has 0 spiro atoms. The molecule has 0 N–H and O–H groups in total. The van der Waals surface area contributed by atoms with Crippen LogP contribution in [0.25, 0.3) is 0 Å². The van der Waals surface area contributed by atoms with Crippen molar-refractivity contribution in [3.05, 3.63) is 59.4 Å². The predicted octanol–water partition coefficient (Wildman–Crippen LogP) is 2.22. The molecule has 0 fully saturated rings. The topological polar surface area (TPSA) is 44.8 Å². The van der Waals surface area contributed by atoms with Gasteiger partial charge in [-0.15, -0.1) is 0 Å². The number of methoxy groups -OCH3 is 1. The van der Waals surface area contributed by atoms with Crippen molar-refractivity contribution in [2.24, 2.45) is 0 Å². The molecule has 1 aromatic rings. The largest absolute Gasteiger partial charge is 0.490 e. The van der Waals surface area contributed by atoms with Gasteiger partial charge in [0, 0.05) is 5.57 Å². The maximum atomic E-state index is 11.6. The molecule has 1 heterocycles. The van der Waals surface area contributed by atoms with E-state index in [9.17, 15) is 4.79 Å². The van der Waals surface area contributed by atoms with Crippen molar-refractivity contribution in [2.75, 3.05) is 20.3 Å². The van der Waals surface area contributed by atoms with Crippen molar-refractivity contribution in [1.29, 1.82) is 0 Å². The van der Waals surface area contributed by atoms with Gasteiger partial charge in [0.2, 0.25) is 0 Å². The van der Waals surface area contributed by atoms with Crippen LogP contribution in [-0.2, 0) is 25.6 Å². The number of benzene rings is 1. The minimum Gasteiger partial charge on any atom is -0.490 e. The lowest BCUT2D eigenvalue weighted by molar-refractivity contribution is -0.135. The van der Waals surface area contributed by atoms with Crippen molar-refractivity contribution in [1.82, 2.24) is 0 Å². The quantitative estimate of drug-likeness (QED) is 0.761. The van der Waals surface area contributed by atoms with Crippen LogP contribution in [0.4, 0.5) is 0 Å². The number of ether oxygens (including phenoxy) is 3. The minimum atomic E-state index is -0.430. The van der Waals surface area contributed by atoms with Crippen molar-refractivity contribution in [3.63, 3.8) is 0 Å². The average Bonchev–Trinajstić information content (AvgIpc) is 2.80. The molecule has 4 heteroatoms. The minimum absolute atomic E-state index is 0.234. The van der Waals surface area contributed by atoms with Crippen LogP contribution < -0.4 is 0 Å². The molecule has 0 unspecified atom stereocenters. The predicted molar refractivity (Wildman–Crippen MR) is 70.2 cm³/mol. The lowest BCUT2D eigenvalue weighted by Gasteiger charge is -2.07. The smallest absolute Gasteiger partial charge is 0.341 e. The van der Waals surface area contributed by atoms with E-state index in [0.717, 1.165) is 5.56 Å². The Morgan fingerprint density at radius 2 is 2.05 bits per heavy atom. The van der Waals surface area contributed by atoms with E-state index in [4.69, 9.17) is 14.2 Å². The van der Waals surface area contributed by atoms with Crippen molar-refractivity contribution < 1.29 is 19.0 Å². The van der Waals surface area contributed by atoms with Crippen LogP contribution in [0.1, 0.15) is 5.56 Å². The molecule has 100 valence electrons. The Kier molecular flexibility index (Phi) is 4.36. The number of esters is 1. The van der Waals surface area contributed by atoms with E-state index < -0.39 is 5.97 Å². The number of carbonyl (C=O) groups is 1. The molecule has 0 bridgehead atoms. The maximum Gasteiger partial charge on any atom is 0.341 e. The SMILES string of the molecule is C=C1COC(COCc2ccccc2)=C1C(=O)OC. The molecule has 1 aliphatic rings. The molecule has 0 radical (unpaired) electrons. The van der Waals surface area contributed by atoms with Crippen LogP contribution >= 0.6 is 0 Å². The van der Waals surface area contributed by atoms with Crippen LogP contribution in [0.15, 0.2) is 53.8 Å². The fraction of sp³-hybridized carbons (Fsp3) is 0.267. The van der Waals surface area contributed by atoms with Gasteiger partial charge in [0.25, 0.3) is 0 Å².